The van der Waals surface area contributed by atoms with Gasteiger partial charge in [0.05, 0.1) is 10.0 Å². The lowest BCUT2D eigenvalue weighted by Gasteiger charge is -2.21. The van der Waals surface area contributed by atoms with E-state index in [-0.39, 0.29) is 9.20 Å². The minimum absolute atomic E-state index is 0.146. The van der Waals surface area contributed by atoms with Crippen molar-refractivity contribution in [3.05, 3.63) is 45.8 Å². The summed E-state index contributed by atoms with van der Waals surface area (Å²) in [4.78, 5) is 0.146. The van der Waals surface area contributed by atoms with Gasteiger partial charge < -0.3 is 5.73 Å². The molecule has 0 aliphatic heterocycles. The number of hydrogen-bond acceptors (Lipinski definition) is 4. The molecular weight excluding hydrogens is 348 g/mol. The summed E-state index contributed by atoms with van der Waals surface area (Å²) < 4.78 is 27.2. The molecule has 1 aromatic heterocycles. The predicted molar refractivity (Wildman–Crippen MR) is 92.0 cm³/mol. The van der Waals surface area contributed by atoms with Gasteiger partial charge in [-0.05, 0) is 30.7 Å². The van der Waals surface area contributed by atoms with Gasteiger partial charge in [-0.25, -0.2) is 8.42 Å². The van der Waals surface area contributed by atoms with E-state index in [1.54, 1.807) is 37.3 Å². The fourth-order valence-electron chi connectivity index (χ4n) is 1.78. The third-order valence-electron chi connectivity index (χ3n) is 2.96. The molecule has 0 fully saturated rings. The molecule has 0 saturated heterocycles. The van der Waals surface area contributed by atoms with Crippen LogP contribution in [0.4, 0.5) is 5.69 Å². The largest absolute Gasteiger partial charge is 0.389 e. The van der Waals surface area contributed by atoms with Crippen molar-refractivity contribution in [3.63, 3.8) is 0 Å². The molecule has 0 aliphatic carbocycles. The smallest absolute Gasteiger partial charge is 0.273 e. The molecule has 0 amide bonds. The zero-order chi connectivity index (χ0) is 15.8. The molecule has 0 aliphatic rings. The number of rotatable bonds is 4. The summed E-state index contributed by atoms with van der Waals surface area (Å²) in [7, 11) is -2.23. The highest BCUT2D eigenvalue weighted by Gasteiger charge is 2.26. The van der Waals surface area contributed by atoms with Crippen molar-refractivity contribution in [3.8, 4) is 0 Å². The van der Waals surface area contributed by atoms with Gasteiger partial charge in [0.1, 0.15) is 9.20 Å². The van der Waals surface area contributed by atoms with Crippen LogP contribution in [0, 0.1) is 6.92 Å². The maximum absolute atomic E-state index is 12.7. The van der Waals surface area contributed by atoms with Gasteiger partial charge >= 0.3 is 0 Å². The number of benzene rings is 1. The quantitative estimate of drug-likeness (QED) is 0.850. The van der Waals surface area contributed by atoms with Crippen LogP contribution in [0.3, 0.4) is 0 Å². The standard InChI is InChI=1S/C13H13ClN2O2S3/c1-8-7-11(20-12(8)14)21(17,18)16(2)10-6-4-3-5-9(10)13(15)19/h3-7H,1-2H3,(H2,15,19). The molecule has 2 rings (SSSR count). The van der Waals surface area contributed by atoms with E-state index in [1.807, 2.05) is 0 Å². The summed E-state index contributed by atoms with van der Waals surface area (Å²) in [5.41, 5.74) is 7.34. The van der Waals surface area contributed by atoms with Crippen molar-refractivity contribution >= 4 is 55.9 Å². The molecular formula is C13H13ClN2O2S3. The highest BCUT2D eigenvalue weighted by Crippen LogP contribution is 2.34. The van der Waals surface area contributed by atoms with Crippen LogP contribution in [-0.2, 0) is 10.0 Å². The molecule has 0 spiro atoms. The Balaban J connectivity index is 2.53. The van der Waals surface area contributed by atoms with Gasteiger partial charge in [-0.15, -0.1) is 11.3 Å². The summed E-state index contributed by atoms with van der Waals surface area (Å²) in [6, 6.07) is 8.40. The van der Waals surface area contributed by atoms with Crippen molar-refractivity contribution < 1.29 is 8.42 Å². The van der Waals surface area contributed by atoms with Crippen molar-refractivity contribution in [2.75, 3.05) is 11.4 Å². The SMILES string of the molecule is Cc1cc(S(=O)(=O)N(C)c2ccccc2C(N)=S)sc1Cl. The number of nitrogens with two attached hydrogens (primary N) is 1. The first-order valence-corrected chi connectivity index (χ1v) is 8.93. The monoisotopic (exact) mass is 360 g/mol. The fraction of sp³-hybridized carbons (Fsp3) is 0.154. The molecule has 8 heteroatoms. The van der Waals surface area contributed by atoms with E-state index in [1.165, 1.54) is 11.4 Å². The third-order valence-corrected chi connectivity index (χ3v) is 6.95. The summed E-state index contributed by atoms with van der Waals surface area (Å²) in [6.07, 6.45) is 0. The van der Waals surface area contributed by atoms with Gasteiger partial charge in [-0.2, -0.15) is 0 Å². The Morgan fingerprint density at radius 1 is 1.38 bits per heavy atom. The Morgan fingerprint density at radius 2 is 2.00 bits per heavy atom. The van der Waals surface area contributed by atoms with E-state index in [0.717, 1.165) is 16.9 Å². The van der Waals surface area contributed by atoms with Gasteiger partial charge in [-0.3, -0.25) is 4.31 Å². The predicted octanol–water partition coefficient (Wildman–Crippen LogP) is 3.17. The number of anilines is 1. The minimum atomic E-state index is -3.70. The van der Waals surface area contributed by atoms with Crippen molar-refractivity contribution in [1.29, 1.82) is 0 Å². The number of para-hydroxylation sites is 1. The maximum atomic E-state index is 12.7. The van der Waals surface area contributed by atoms with Crippen LogP contribution in [0.15, 0.2) is 34.5 Å². The van der Waals surface area contributed by atoms with E-state index in [4.69, 9.17) is 29.6 Å². The van der Waals surface area contributed by atoms with E-state index in [0.29, 0.717) is 15.6 Å². The average Bonchev–Trinajstić information content (AvgIpc) is 2.78. The molecule has 0 atom stereocenters. The van der Waals surface area contributed by atoms with Gasteiger partial charge in [0, 0.05) is 12.6 Å². The van der Waals surface area contributed by atoms with Crippen LogP contribution >= 0.6 is 35.2 Å². The van der Waals surface area contributed by atoms with Crippen molar-refractivity contribution in [1.82, 2.24) is 0 Å². The molecule has 0 radical (unpaired) electrons. The lowest BCUT2D eigenvalue weighted by molar-refractivity contribution is 0.596. The number of hydrogen-bond donors (Lipinski definition) is 1. The normalized spacial score (nSPS) is 11.4. The summed E-state index contributed by atoms with van der Waals surface area (Å²) in [5, 5.41) is 0. The van der Waals surface area contributed by atoms with E-state index < -0.39 is 10.0 Å². The summed E-state index contributed by atoms with van der Waals surface area (Å²) in [6.45, 7) is 1.76. The van der Waals surface area contributed by atoms with Crippen LogP contribution in [0.25, 0.3) is 0 Å². The molecule has 21 heavy (non-hydrogen) atoms. The minimum Gasteiger partial charge on any atom is -0.389 e. The van der Waals surface area contributed by atoms with Crippen molar-refractivity contribution in [2.45, 2.75) is 11.1 Å². The van der Waals surface area contributed by atoms with Crippen LogP contribution in [0.5, 0.6) is 0 Å². The Kier molecular flexibility index (Phi) is 4.57. The van der Waals surface area contributed by atoms with E-state index >= 15 is 0 Å². The van der Waals surface area contributed by atoms with Crippen LogP contribution in [-0.4, -0.2) is 20.5 Å². The lowest BCUT2D eigenvalue weighted by atomic mass is 10.2. The highest BCUT2D eigenvalue weighted by molar-refractivity contribution is 7.94. The molecule has 1 heterocycles. The first-order chi connectivity index (χ1) is 9.75. The van der Waals surface area contributed by atoms with Crippen LogP contribution < -0.4 is 10.0 Å². The Hall–Kier alpha value is -1.15. The Labute approximate surface area is 138 Å². The molecule has 0 unspecified atom stereocenters. The molecule has 4 nitrogen and oxygen atoms in total. The van der Waals surface area contributed by atoms with Crippen molar-refractivity contribution in [2.24, 2.45) is 5.73 Å². The molecule has 0 bridgehead atoms. The summed E-state index contributed by atoms with van der Waals surface area (Å²) in [5.74, 6) is 0. The number of thiophene rings is 1. The first kappa shape index (κ1) is 16.2. The van der Waals surface area contributed by atoms with Gasteiger partial charge in [0.2, 0.25) is 0 Å². The first-order valence-electron chi connectivity index (χ1n) is 5.89. The second-order valence-electron chi connectivity index (χ2n) is 4.38. The maximum Gasteiger partial charge on any atom is 0.273 e. The molecule has 0 saturated carbocycles. The summed E-state index contributed by atoms with van der Waals surface area (Å²) >= 11 is 12.0. The topological polar surface area (TPSA) is 63.4 Å². The zero-order valence-corrected chi connectivity index (χ0v) is 14.5. The van der Waals surface area contributed by atoms with Gasteiger partial charge in [0.15, 0.2) is 0 Å². The molecule has 2 N–H and O–H groups in total. The molecule has 2 aromatic rings. The Bertz CT molecular complexity index is 780. The number of thiocarbonyl (C=S) groups is 1. The van der Waals surface area contributed by atoms with Crippen LogP contribution in [0.2, 0.25) is 4.34 Å². The zero-order valence-electron chi connectivity index (χ0n) is 11.3. The van der Waals surface area contributed by atoms with Gasteiger partial charge in [-0.1, -0.05) is 36.0 Å². The lowest BCUT2D eigenvalue weighted by Crippen LogP contribution is -2.28. The Morgan fingerprint density at radius 3 is 2.52 bits per heavy atom. The molecule has 112 valence electrons. The number of halogens is 1. The number of sulfonamides is 1. The molecule has 1 aromatic carbocycles. The average molecular weight is 361 g/mol. The number of aryl methyl sites for hydroxylation is 1. The number of nitrogens with zero attached hydrogens (tertiary/aromatic N) is 1. The van der Waals surface area contributed by atoms with E-state index in [2.05, 4.69) is 0 Å². The third kappa shape index (κ3) is 3.06. The highest BCUT2D eigenvalue weighted by atomic mass is 35.5. The second kappa shape index (κ2) is 5.92. The second-order valence-corrected chi connectivity index (χ2v) is 8.67. The van der Waals surface area contributed by atoms with Crippen LogP contribution in [0.1, 0.15) is 11.1 Å². The van der Waals surface area contributed by atoms with E-state index in [9.17, 15) is 8.42 Å². The van der Waals surface area contributed by atoms with Gasteiger partial charge in [0.25, 0.3) is 10.0 Å². The fourth-order valence-corrected chi connectivity index (χ4v) is 5.05.